The van der Waals surface area contributed by atoms with Crippen LogP contribution in [0, 0.1) is 5.41 Å². The van der Waals surface area contributed by atoms with Gasteiger partial charge in [0.2, 0.25) is 0 Å². The first-order valence-electron chi connectivity index (χ1n) is 10.2. The first kappa shape index (κ1) is 22.7. The minimum Gasteiger partial charge on any atom is -0.492 e. The molecule has 1 fully saturated rings. The summed E-state index contributed by atoms with van der Waals surface area (Å²) >= 11 is 0. The summed E-state index contributed by atoms with van der Waals surface area (Å²) in [4.78, 5) is 35.6. The third kappa shape index (κ3) is 7.07. The van der Waals surface area contributed by atoms with Crippen molar-refractivity contribution in [3.8, 4) is 5.75 Å². The summed E-state index contributed by atoms with van der Waals surface area (Å²) in [5.41, 5.74) is 0.556. The third-order valence-corrected chi connectivity index (χ3v) is 5.32. The fourth-order valence-electron chi connectivity index (χ4n) is 3.74. The largest absolute Gasteiger partial charge is 0.492 e. The average Bonchev–Trinajstić information content (AvgIpc) is 2.73. The number of Topliss-reactive ketones (excluding diaryl/α,β-unsaturated/α-hetero) is 1. The number of carbonyl (C=O) groups excluding carboxylic acids is 3. The summed E-state index contributed by atoms with van der Waals surface area (Å²) in [5.74, 6) is 0.666. The molecule has 29 heavy (non-hydrogen) atoms. The minimum atomic E-state index is -0.488. The Balaban J connectivity index is 1.91. The molecular formula is C22H31NO6. The molecule has 7 heteroatoms. The summed E-state index contributed by atoms with van der Waals surface area (Å²) in [6.07, 6.45) is 4.25. The SMILES string of the molecule is CCOC(=O)NCCOc1ccc(C[C@@]2(CCC(=O)OC)CCCCC2=O)cc1. The van der Waals surface area contributed by atoms with Crippen LogP contribution in [-0.4, -0.2) is 44.7 Å². The van der Waals surface area contributed by atoms with E-state index in [0.29, 0.717) is 44.8 Å². The lowest BCUT2D eigenvalue weighted by atomic mass is 9.67. The zero-order valence-electron chi connectivity index (χ0n) is 17.3. The van der Waals surface area contributed by atoms with Crippen molar-refractivity contribution in [2.24, 2.45) is 5.41 Å². The first-order chi connectivity index (χ1) is 14.0. The van der Waals surface area contributed by atoms with Gasteiger partial charge in [0, 0.05) is 18.3 Å². The molecule has 160 valence electrons. The van der Waals surface area contributed by atoms with Gasteiger partial charge in [-0.2, -0.15) is 0 Å². The zero-order chi connectivity index (χ0) is 21.1. The van der Waals surface area contributed by atoms with Gasteiger partial charge < -0.3 is 19.5 Å². The van der Waals surface area contributed by atoms with E-state index in [1.807, 2.05) is 24.3 Å². The van der Waals surface area contributed by atoms with E-state index < -0.39 is 11.5 Å². The maximum atomic E-state index is 12.7. The maximum absolute atomic E-state index is 12.7. The van der Waals surface area contributed by atoms with Crippen molar-refractivity contribution in [1.82, 2.24) is 5.32 Å². The van der Waals surface area contributed by atoms with E-state index in [1.165, 1.54) is 7.11 Å². The quantitative estimate of drug-likeness (QED) is 0.474. The van der Waals surface area contributed by atoms with Gasteiger partial charge in [-0.15, -0.1) is 0 Å². The van der Waals surface area contributed by atoms with Gasteiger partial charge in [-0.3, -0.25) is 9.59 Å². The second-order valence-electron chi connectivity index (χ2n) is 7.30. The monoisotopic (exact) mass is 405 g/mol. The summed E-state index contributed by atoms with van der Waals surface area (Å²) in [5, 5.41) is 2.60. The van der Waals surface area contributed by atoms with E-state index in [-0.39, 0.29) is 18.2 Å². The van der Waals surface area contributed by atoms with Crippen molar-refractivity contribution in [2.75, 3.05) is 26.9 Å². The van der Waals surface area contributed by atoms with Crippen LogP contribution in [0.15, 0.2) is 24.3 Å². The molecule has 0 spiro atoms. The van der Waals surface area contributed by atoms with Crippen LogP contribution >= 0.6 is 0 Å². The topological polar surface area (TPSA) is 90.9 Å². The Kier molecular flexibility index (Phi) is 8.96. The Labute approximate surface area is 172 Å². The number of ketones is 1. The van der Waals surface area contributed by atoms with Crippen LogP contribution in [0.5, 0.6) is 5.75 Å². The summed E-state index contributed by atoms with van der Waals surface area (Å²) in [6, 6.07) is 7.63. The highest BCUT2D eigenvalue weighted by Gasteiger charge is 2.39. The normalized spacial score (nSPS) is 18.8. The molecule has 1 amide bonds. The predicted octanol–water partition coefficient (Wildman–Crippen LogP) is 3.44. The molecule has 0 aromatic heterocycles. The molecule has 1 aliphatic carbocycles. The smallest absolute Gasteiger partial charge is 0.407 e. The molecule has 1 aromatic rings. The zero-order valence-corrected chi connectivity index (χ0v) is 17.3. The Morgan fingerprint density at radius 1 is 1.17 bits per heavy atom. The molecule has 1 saturated carbocycles. The van der Waals surface area contributed by atoms with Crippen molar-refractivity contribution in [1.29, 1.82) is 0 Å². The Bertz CT molecular complexity index is 687. The molecular weight excluding hydrogens is 374 g/mol. The van der Waals surface area contributed by atoms with Gasteiger partial charge in [0.05, 0.1) is 20.3 Å². The number of hydrogen-bond acceptors (Lipinski definition) is 6. The van der Waals surface area contributed by atoms with Gasteiger partial charge in [-0.1, -0.05) is 18.6 Å². The number of hydrogen-bond donors (Lipinski definition) is 1. The van der Waals surface area contributed by atoms with E-state index in [1.54, 1.807) is 6.92 Å². The van der Waals surface area contributed by atoms with Gasteiger partial charge >= 0.3 is 12.1 Å². The Hall–Kier alpha value is -2.57. The molecule has 0 radical (unpaired) electrons. The maximum Gasteiger partial charge on any atom is 0.407 e. The fourth-order valence-corrected chi connectivity index (χ4v) is 3.74. The van der Waals surface area contributed by atoms with E-state index in [2.05, 4.69) is 5.32 Å². The lowest BCUT2D eigenvalue weighted by molar-refractivity contribution is -0.142. The summed E-state index contributed by atoms with van der Waals surface area (Å²) < 4.78 is 15.2. The van der Waals surface area contributed by atoms with E-state index in [9.17, 15) is 14.4 Å². The number of amides is 1. The van der Waals surface area contributed by atoms with Crippen molar-refractivity contribution in [3.63, 3.8) is 0 Å². The molecule has 1 atom stereocenters. The number of rotatable bonds is 10. The number of benzene rings is 1. The molecule has 1 N–H and O–H groups in total. The van der Waals surface area contributed by atoms with Crippen molar-refractivity contribution >= 4 is 17.8 Å². The van der Waals surface area contributed by atoms with Gasteiger partial charge in [-0.05, 0) is 50.3 Å². The number of nitrogens with one attached hydrogen (secondary N) is 1. The number of ether oxygens (including phenoxy) is 3. The van der Waals surface area contributed by atoms with Crippen LogP contribution < -0.4 is 10.1 Å². The van der Waals surface area contributed by atoms with Crippen molar-refractivity contribution < 1.29 is 28.6 Å². The van der Waals surface area contributed by atoms with Crippen molar-refractivity contribution in [2.45, 2.75) is 51.9 Å². The fraction of sp³-hybridized carbons (Fsp3) is 0.591. The van der Waals surface area contributed by atoms with Crippen molar-refractivity contribution in [3.05, 3.63) is 29.8 Å². The molecule has 1 aromatic carbocycles. The summed E-state index contributed by atoms with van der Waals surface area (Å²) in [7, 11) is 1.37. The van der Waals surface area contributed by atoms with Gasteiger partial charge in [-0.25, -0.2) is 4.79 Å². The average molecular weight is 405 g/mol. The van der Waals surface area contributed by atoms with E-state index >= 15 is 0 Å². The second-order valence-corrected chi connectivity index (χ2v) is 7.30. The van der Waals surface area contributed by atoms with Crippen LogP contribution in [-0.2, 0) is 25.5 Å². The molecule has 1 aliphatic rings. The van der Waals surface area contributed by atoms with Crippen LogP contribution in [0.4, 0.5) is 4.79 Å². The molecule has 0 unspecified atom stereocenters. The number of esters is 1. The molecule has 0 aliphatic heterocycles. The van der Waals surface area contributed by atoms with Gasteiger partial charge in [0.25, 0.3) is 0 Å². The molecule has 2 rings (SSSR count). The molecule has 0 saturated heterocycles. The second kappa shape index (κ2) is 11.4. The Morgan fingerprint density at radius 2 is 1.93 bits per heavy atom. The minimum absolute atomic E-state index is 0.248. The Morgan fingerprint density at radius 3 is 2.59 bits per heavy atom. The van der Waals surface area contributed by atoms with Crippen LogP contribution in [0.3, 0.4) is 0 Å². The van der Waals surface area contributed by atoms with Crippen LogP contribution in [0.1, 0.15) is 51.0 Å². The van der Waals surface area contributed by atoms with Crippen LogP contribution in [0.25, 0.3) is 0 Å². The highest BCUT2D eigenvalue weighted by Crippen LogP contribution is 2.40. The lowest BCUT2D eigenvalue weighted by Crippen LogP contribution is -2.37. The van der Waals surface area contributed by atoms with Gasteiger partial charge in [0.15, 0.2) is 0 Å². The standard InChI is InChI=1S/C22H31NO6/c1-3-28-21(26)23-14-15-29-18-9-7-17(8-10-18)16-22(13-11-20(25)27-2)12-5-4-6-19(22)24/h7-10H,3-6,11-16H2,1-2H3,(H,23,26)/t22-/m0/s1. The molecule has 0 bridgehead atoms. The predicted molar refractivity (Wildman–Crippen MR) is 108 cm³/mol. The number of carbonyl (C=O) groups is 3. The third-order valence-electron chi connectivity index (χ3n) is 5.32. The molecule has 0 heterocycles. The lowest BCUT2D eigenvalue weighted by Gasteiger charge is -2.36. The number of alkyl carbamates (subject to hydrolysis) is 1. The van der Waals surface area contributed by atoms with E-state index in [4.69, 9.17) is 14.2 Å². The highest BCUT2D eigenvalue weighted by atomic mass is 16.5. The van der Waals surface area contributed by atoms with Gasteiger partial charge in [0.1, 0.15) is 18.1 Å². The first-order valence-corrected chi connectivity index (χ1v) is 10.2. The van der Waals surface area contributed by atoms with E-state index in [0.717, 1.165) is 24.8 Å². The number of methoxy groups -OCH3 is 1. The van der Waals surface area contributed by atoms with Crippen LogP contribution in [0.2, 0.25) is 0 Å². The highest BCUT2D eigenvalue weighted by molar-refractivity contribution is 5.86. The summed E-state index contributed by atoms with van der Waals surface area (Å²) in [6.45, 7) is 2.77. The molecule has 7 nitrogen and oxygen atoms in total.